The number of imide groups is 1. The molecular formula is C26H29FN2O5. The van der Waals surface area contributed by atoms with Gasteiger partial charge in [0, 0.05) is 44.5 Å². The Hall–Kier alpha value is -3.26. The molecule has 0 radical (unpaired) electrons. The lowest BCUT2D eigenvalue weighted by Crippen LogP contribution is -2.44. The third-order valence-electron chi connectivity index (χ3n) is 6.89. The second-order valence-corrected chi connectivity index (χ2v) is 8.83. The van der Waals surface area contributed by atoms with E-state index >= 15 is 0 Å². The molecule has 7 nitrogen and oxygen atoms in total. The van der Waals surface area contributed by atoms with Crippen molar-refractivity contribution in [2.24, 2.45) is 0 Å². The first kappa shape index (κ1) is 23.9. The Kier molecular flexibility index (Phi) is 6.97. The zero-order chi connectivity index (χ0) is 24.3. The molecule has 2 saturated heterocycles. The third kappa shape index (κ3) is 4.30. The Morgan fingerprint density at radius 3 is 2.59 bits per heavy atom. The molecule has 0 bridgehead atoms. The number of halogens is 1. The van der Waals surface area contributed by atoms with Gasteiger partial charge in [0.2, 0.25) is 17.7 Å². The molecule has 2 heterocycles. The van der Waals surface area contributed by atoms with Crippen LogP contribution in [0.2, 0.25) is 0 Å². The summed E-state index contributed by atoms with van der Waals surface area (Å²) in [5.74, 6) is -0.928. The highest BCUT2D eigenvalue weighted by atomic mass is 19.1. The number of amides is 3. The van der Waals surface area contributed by atoms with Gasteiger partial charge in [0.15, 0.2) is 0 Å². The van der Waals surface area contributed by atoms with Gasteiger partial charge in [-0.3, -0.25) is 19.3 Å². The SMILES string of the molecule is COCCN1C(=O)CC(CC(=O)N2CCC(c3ccccc3F)C2)(c2ccccc2OC)C1=O. The monoisotopic (exact) mass is 468 g/mol. The van der Waals surface area contributed by atoms with Gasteiger partial charge >= 0.3 is 0 Å². The molecule has 180 valence electrons. The van der Waals surface area contributed by atoms with Gasteiger partial charge < -0.3 is 14.4 Å². The molecule has 2 fully saturated rings. The van der Waals surface area contributed by atoms with Crippen LogP contribution in [0.4, 0.5) is 4.39 Å². The highest BCUT2D eigenvalue weighted by Crippen LogP contribution is 2.44. The number of para-hydroxylation sites is 1. The van der Waals surface area contributed by atoms with E-state index in [-0.39, 0.29) is 49.5 Å². The van der Waals surface area contributed by atoms with E-state index in [2.05, 4.69) is 0 Å². The first-order chi connectivity index (χ1) is 16.4. The van der Waals surface area contributed by atoms with Crippen LogP contribution in [-0.4, -0.2) is 68.0 Å². The van der Waals surface area contributed by atoms with E-state index in [9.17, 15) is 18.8 Å². The minimum absolute atomic E-state index is 0.105. The minimum Gasteiger partial charge on any atom is -0.496 e. The largest absolute Gasteiger partial charge is 0.496 e. The number of hydrogen-bond donors (Lipinski definition) is 0. The van der Waals surface area contributed by atoms with Crippen LogP contribution >= 0.6 is 0 Å². The van der Waals surface area contributed by atoms with Crippen molar-refractivity contribution in [1.82, 2.24) is 9.80 Å². The summed E-state index contributed by atoms with van der Waals surface area (Å²) in [5.41, 5.74) is -0.242. The van der Waals surface area contributed by atoms with Crippen LogP contribution in [0.25, 0.3) is 0 Å². The summed E-state index contributed by atoms with van der Waals surface area (Å²) in [4.78, 5) is 42.9. The predicted octanol–water partition coefficient (Wildman–Crippen LogP) is 2.88. The molecule has 2 aromatic carbocycles. The Morgan fingerprint density at radius 1 is 1.12 bits per heavy atom. The van der Waals surface area contributed by atoms with Crippen molar-refractivity contribution in [3.63, 3.8) is 0 Å². The smallest absolute Gasteiger partial charge is 0.241 e. The molecule has 0 aliphatic carbocycles. The first-order valence-corrected chi connectivity index (χ1v) is 11.4. The van der Waals surface area contributed by atoms with Crippen molar-refractivity contribution < 1.29 is 28.2 Å². The number of methoxy groups -OCH3 is 2. The van der Waals surface area contributed by atoms with Crippen molar-refractivity contribution in [3.8, 4) is 5.75 Å². The fourth-order valence-corrected chi connectivity index (χ4v) is 5.11. The lowest BCUT2D eigenvalue weighted by atomic mass is 9.75. The number of ether oxygens (including phenoxy) is 2. The molecule has 2 aliphatic heterocycles. The van der Waals surface area contributed by atoms with Gasteiger partial charge in [-0.1, -0.05) is 36.4 Å². The zero-order valence-electron chi connectivity index (χ0n) is 19.5. The molecule has 3 amide bonds. The number of rotatable bonds is 8. The van der Waals surface area contributed by atoms with E-state index in [4.69, 9.17) is 9.47 Å². The van der Waals surface area contributed by atoms with Crippen LogP contribution in [-0.2, 0) is 24.5 Å². The summed E-state index contributed by atoms with van der Waals surface area (Å²) in [6.45, 7) is 1.18. The van der Waals surface area contributed by atoms with E-state index in [0.717, 1.165) is 0 Å². The van der Waals surface area contributed by atoms with Gasteiger partial charge in [-0.25, -0.2) is 4.39 Å². The summed E-state index contributed by atoms with van der Waals surface area (Å²) >= 11 is 0. The van der Waals surface area contributed by atoms with E-state index in [1.54, 1.807) is 47.4 Å². The molecule has 4 rings (SSSR count). The van der Waals surface area contributed by atoms with Gasteiger partial charge in [0.25, 0.3) is 0 Å². The molecule has 0 saturated carbocycles. The Bertz CT molecular complexity index is 1090. The molecule has 0 N–H and O–H groups in total. The van der Waals surface area contributed by atoms with E-state index in [0.29, 0.717) is 36.4 Å². The van der Waals surface area contributed by atoms with Crippen LogP contribution in [0, 0.1) is 5.82 Å². The number of nitrogens with zero attached hydrogens (tertiary/aromatic N) is 2. The van der Waals surface area contributed by atoms with E-state index in [1.807, 2.05) is 0 Å². The van der Waals surface area contributed by atoms with Crippen LogP contribution in [0.5, 0.6) is 5.75 Å². The summed E-state index contributed by atoms with van der Waals surface area (Å²) in [6.07, 6.45) is 0.360. The second-order valence-electron chi connectivity index (χ2n) is 8.83. The van der Waals surface area contributed by atoms with Gasteiger partial charge in [-0.05, 0) is 24.1 Å². The average molecular weight is 469 g/mol. The maximum atomic E-state index is 14.3. The predicted molar refractivity (Wildman–Crippen MR) is 123 cm³/mol. The molecule has 34 heavy (non-hydrogen) atoms. The van der Waals surface area contributed by atoms with Crippen LogP contribution in [0.1, 0.15) is 36.3 Å². The molecule has 8 heteroatoms. The molecule has 0 spiro atoms. The van der Waals surface area contributed by atoms with E-state index in [1.165, 1.54) is 25.2 Å². The van der Waals surface area contributed by atoms with Crippen molar-refractivity contribution in [1.29, 1.82) is 0 Å². The van der Waals surface area contributed by atoms with Gasteiger partial charge in [-0.2, -0.15) is 0 Å². The van der Waals surface area contributed by atoms with Crippen molar-refractivity contribution >= 4 is 17.7 Å². The lowest BCUT2D eigenvalue weighted by molar-refractivity contribution is -0.143. The fourth-order valence-electron chi connectivity index (χ4n) is 5.11. The normalized spacial score (nSPS) is 22.5. The maximum absolute atomic E-state index is 14.3. The quantitative estimate of drug-likeness (QED) is 0.557. The van der Waals surface area contributed by atoms with Crippen molar-refractivity contribution in [2.45, 2.75) is 30.6 Å². The number of likely N-dealkylation sites (tertiary alicyclic amines) is 2. The molecular weight excluding hydrogens is 439 g/mol. The second kappa shape index (κ2) is 9.93. The Morgan fingerprint density at radius 2 is 1.85 bits per heavy atom. The zero-order valence-corrected chi connectivity index (χ0v) is 19.5. The summed E-state index contributed by atoms with van der Waals surface area (Å²) in [6, 6.07) is 13.6. The highest BCUT2D eigenvalue weighted by Gasteiger charge is 2.55. The average Bonchev–Trinajstić information content (AvgIpc) is 3.42. The van der Waals surface area contributed by atoms with E-state index < -0.39 is 11.3 Å². The maximum Gasteiger partial charge on any atom is 0.241 e. The van der Waals surface area contributed by atoms with Crippen molar-refractivity contribution in [2.75, 3.05) is 40.5 Å². The fraction of sp³-hybridized carbons (Fsp3) is 0.423. The van der Waals surface area contributed by atoms with Gasteiger partial charge in [0.05, 0.1) is 25.7 Å². The number of carbonyl (C=O) groups excluding carboxylic acids is 3. The Labute approximate surface area is 198 Å². The number of hydrogen-bond acceptors (Lipinski definition) is 5. The van der Waals surface area contributed by atoms with Crippen LogP contribution < -0.4 is 4.74 Å². The first-order valence-electron chi connectivity index (χ1n) is 11.4. The topological polar surface area (TPSA) is 76.2 Å². The summed E-state index contributed by atoms with van der Waals surface area (Å²) in [5, 5.41) is 0. The summed E-state index contributed by atoms with van der Waals surface area (Å²) < 4.78 is 24.9. The molecule has 2 aliphatic rings. The Balaban J connectivity index is 1.62. The number of benzene rings is 2. The van der Waals surface area contributed by atoms with Crippen LogP contribution in [0.15, 0.2) is 48.5 Å². The minimum atomic E-state index is -1.36. The molecule has 2 aromatic rings. The van der Waals surface area contributed by atoms with Crippen LogP contribution in [0.3, 0.4) is 0 Å². The molecule has 0 aromatic heterocycles. The summed E-state index contributed by atoms with van der Waals surface area (Å²) in [7, 11) is 3.00. The lowest BCUT2D eigenvalue weighted by Gasteiger charge is -2.30. The van der Waals surface area contributed by atoms with Gasteiger partial charge in [-0.15, -0.1) is 0 Å². The standard InChI is InChI=1S/C26H29FN2O5/c1-33-14-13-29-24(31)16-26(25(29)32,20-8-4-6-10-22(20)34-2)15-23(30)28-12-11-18(17-28)19-7-3-5-9-21(19)27/h3-10,18H,11-17H2,1-2H3. The molecule has 2 atom stereocenters. The van der Waals surface area contributed by atoms with Gasteiger partial charge in [0.1, 0.15) is 11.6 Å². The number of carbonyl (C=O) groups is 3. The molecule has 2 unspecified atom stereocenters. The third-order valence-corrected chi connectivity index (χ3v) is 6.89. The van der Waals surface area contributed by atoms with Crippen molar-refractivity contribution in [3.05, 3.63) is 65.5 Å². The highest BCUT2D eigenvalue weighted by molar-refractivity contribution is 6.11.